The molecule has 20 heavy (non-hydrogen) atoms. The normalized spacial score (nSPS) is 12.6. The number of halogens is 4. The highest BCUT2D eigenvalue weighted by Gasteiger charge is 2.33. The fourth-order valence-electron chi connectivity index (χ4n) is 1.54. The summed E-state index contributed by atoms with van der Waals surface area (Å²) in [5.74, 6) is -1.29. The molecule has 112 valence electrons. The first-order valence-corrected chi connectivity index (χ1v) is 6.16. The van der Waals surface area contributed by atoms with Crippen molar-refractivity contribution < 1.29 is 27.0 Å². The molecule has 0 fully saturated rings. The van der Waals surface area contributed by atoms with Crippen molar-refractivity contribution in [2.45, 2.75) is 26.3 Å². The van der Waals surface area contributed by atoms with Gasteiger partial charge in [-0.25, -0.2) is 4.39 Å². The number of benzene rings is 1. The number of hydrogen-bond donors (Lipinski definition) is 0. The van der Waals surface area contributed by atoms with Crippen LogP contribution in [0.1, 0.15) is 25.0 Å². The molecule has 0 aliphatic carbocycles. The maximum Gasteiger partial charge on any atom is 0.419 e. The Hall–Kier alpha value is -1.40. The minimum Gasteiger partial charge on any atom is -0.349 e. The van der Waals surface area contributed by atoms with Crippen molar-refractivity contribution in [3.05, 3.63) is 41.2 Å². The third kappa shape index (κ3) is 4.94. The van der Waals surface area contributed by atoms with Gasteiger partial charge in [-0.15, -0.1) is 0 Å². The molecule has 0 saturated heterocycles. The summed E-state index contributed by atoms with van der Waals surface area (Å²) in [5.41, 5.74) is -1.06. The van der Waals surface area contributed by atoms with E-state index in [0.29, 0.717) is 13.2 Å². The van der Waals surface area contributed by atoms with Gasteiger partial charge in [0.2, 0.25) is 0 Å². The molecular formula is C14H16F4O2. The van der Waals surface area contributed by atoms with Crippen molar-refractivity contribution >= 4 is 6.08 Å². The lowest BCUT2D eigenvalue weighted by Gasteiger charge is -2.12. The van der Waals surface area contributed by atoms with E-state index in [9.17, 15) is 17.6 Å². The maximum atomic E-state index is 13.1. The zero-order chi connectivity index (χ0) is 15.2. The van der Waals surface area contributed by atoms with E-state index in [1.54, 1.807) is 13.8 Å². The molecule has 0 heterocycles. The van der Waals surface area contributed by atoms with E-state index in [1.165, 1.54) is 18.2 Å². The lowest BCUT2D eigenvalue weighted by Crippen LogP contribution is -2.14. The van der Waals surface area contributed by atoms with Gasteiger partial charge >= 0.3 is 6.18 Å². The van der Waals surface area contributed by atoms with Gasteiger partial charge in [0.05, 0.1) is 5.56 Å². The highest BCUT2D eigenvalue weighted by Crippen LogP contribution is 2.32. The van der Waals surface area contributed by atoms with Gasteiger partial charge < -0.3 is 9.47 Å². The zero-order valence-corrected chi connectivity index (χ0v) is 11.2. The van der Waals surface area contributed by atoms with Crippen LogP contribution in [-0.4, -0.2) is 19.5 Å². The highest BCUT2D eigenvalue weighted by atomic mass is 19.4. The number of ether oxygens (including phenoxy) is 2. The molecule has 0 amide bonds. The van der Waals surface area contributed by atoms with Crippen molar-refractivity contribution in [3.8, 4) is 0 Å². The summed E-state index contributed by atoms with van der Waals surface area (Å²) in [6, 6.07) is 2.80. The minimum atomic E-state index is -4.72. The molecule has 0 bridgehead atoms. The Morgan fingerprint density at radius 1 is 1.15 bits per heavy atom. The third-order valence-electron chi connectivity index (χ3n) is 2.40. The SMILES string of the molecule is CCOC(/C=C/c1ccc(F)c(C(F)(F)F)c1)OCC. The largest absolute Gasteiger partial charge is 0.419 e. The quantitative estimate of drug-likeness (QED) is 0.576. The first kappa shape index (κ1) is 16.7. The summed E-state index contributed by atoms with van der Waals surface area (Å²) in [5, 5.41) is 0. The maximum absolute atomic E-state index is 13.1. The molecule has 1 aromatic rings. The highest BCUT2D eigenvalue weighted by molar-refractivity contribution is 5.51. The van der Waals surface area contributed by atoms with Crippen LogP contribution >= 0.6 is 0 Å². The summed E-state index contributed by atoms with van der Waals surface area (Å²) in [7, 11) is 0. The second-order valence-corrected chi connectivity index (χ2v) is 3.88. The van der Waals surface area contributed by atoms with Gasteiger partial charge in [0.25, 0.3) is 0 Å². The third-order valence-corrected chi connectivity index (χ3v) is 2.40. The monoisotopic (exact) mass is 292 g/mol. The molecule has 0 aliphatic rings. The molecule has 2 nitrogen and oxygen atoms in total. The van der Waals surface area contributed by atoms with E-state index in [4.69, 9.17) is 9.47 Å². The summed E-state index contributed by atoms with van der Waals surface area (Å²) >= 11 is 0. The van der Waals surface area contributed by atoms with E-state index in [2.05, 4.69) is 0 Å². The van der Waals surface area contributed by atoms with Crippen LogP contribution in [0, 0.1) is 5.82 Å². The van der Waals surface area contributed by atoms with Gasteiger partial charge in [-0.1, -0.05) is 12.1 Å². The molecule has 0 atom stereocenters. The van der Waals surface area contributed by atoms with E-state index >= 15 is 0 Å². The second kappa shape index (κ2) is 7.40. The molecular weight excluding hydrogens is 276 g/mol. The van der Waals surface area contributed by atoms with Crippen LogP contribution in [0.2, 0.25) is 0 Å². The molecule has 0 N–H and O–H groups in total. The summed E-state index contributed by atoms with van der Waals surface area (Å²) < 4.78 is 61.2. The Kier molecular flexibility index (Phi) is 6.16. The summed E-state index contributed by atoms with van der Waals surface area (Å²) in [4.78, 5) is 0. The number of alkyl halides is 3. The molecule has 0 saturated carbocycles. The molecule has 0 radical (unpaired) electrons. The van der Waals surface area contributed by atoms with E-state index < -0.39 is 23.8 Å². The van der Waals surface area contributed by atoms with Gasteiger partial charge in [0.15, 0.2) is 6.29 Å². The Morgan fingerprint density at radius 3 is 2.25 bits per heavy atom. The molecule has 6 heteroatoms. The van der Waals surface area contributed by atoms with Crippen LogP contribution in [0.25, 0.3) is 6.08 Å². The van der Waals surface area contributed by atoms with Gasteiger partial charge in [0.1, 0.15) is 5.82 Å². The van der Waals surface area contributed by atoms with Crippen molar-refractivity contribution in [2.75, 3.05) is 13.2 Å². The van der Waals surface area contributed by atoms with Crippen LogP contribution in [0.15, 0.2) is 24.3 Å². The van der Waals surface area contributed by atoms with E-state index in [1.807, 2.05) is 0 Å². The average Bonchev–Trinajstić information content (AvgIpc) is 2.36. The fourth-order valence-corrected chi connectivity index (χ4v) is 1.54. The fraction of sp³-hybridized carbons (Fsp3) is 0.429. The standard InChI is InChI=1S/C14H16F4O2/c1-3-19-13(20-4-2)8-6-10-5-7-12(15)11(9-10)14(16,17)18/h5-9,13H,3-4H2,1-2H3/b8-6+. The Labute approximate surface area is 115 Å². The first-order chi connectivity index (χ1) is 9.38. The first-order valence-electron chi connectivity index (χ1n) is 6.16. The predicted octanol–water partition coefficient (Wildman–Crippen LogP) is 4.26. The molecule has 1 aromatic carbocycles. The van der Waals surface area contributed by atoms with Gasteiger partial charge in [-0.05, 0) is 37.6 Å². The molecule has 0 aromatic heterocycles. The number of hydrogen-bond acceptors (Lipinski definition) is 2. The van der Waals surface area contributed by atoms with Crippen LogP contribution in [0.4, 0.5) is 17.6 Å². The Morgan fingerprint density at radius 2 is 1.75 bits per heavy atom. The van der Waals surface area contributed by atoms with Crippen molar-refractivity contribution in [2.24, 2.45) is 0 Å². The van der Waals surface area contributed by atoms with Crippen LogP contribution < -0.4 is 0 Å². The lowest BCUT2D eigenvalue weighted by atomic mass is 10.1. The topological polar surface area (TPSA) is 18.5 Å². The number of rotatable bonds is 6. The van der Waals surface area contributed by atoms with E-state index in [-0.39, 0.29) is 5.56 Å². The second-order valence-electron chi connectivity index (χ2n) is 3.88. The lowest BCUT2D eigenvalue weighted by molar-refractivity contribution is -0.140. The Bertz CT molecular complexity index is 449. The van der Waals surface area contributed by atoms with Crippen molar-refractivity contribution in [1.29, 1.82) is 0 Å². The van der Waals surface area contributed by atoms with Crippen molar-refractivity contribution in [3.63, 3.8) is 0 Å². The zero-order valence-electron chi connectivity index (χ0n) is 11.2. The van der Waals surface area contributed by atoms with Crippen LogP contribution in [0.5, 0.6) is 0 Å². The Balaban J connectivity index is 2.92. The van der Waals surface area contributed by atoms with Crippen LogP contribution in [0.3, 0.4) is 0 Å². The summed E-state index contributed by atoms with van der Waals surface area (Å²) in [6.45, 7) is 4.37. The predicted molar refractivity (Wildman–Crippen MR) is 67.5 cm³/mol. The molecule has 1 rings (SSSR count). The van der Waals surface area contributed by atoms with E-state index in [0.717, 1.165) is 12.1 Å². The van der Waals surface area contributed by atoms with Crippen LogP contribution in [-0.2, 0) is 15.7 Å². The van der Waals surface area contributed by atoms with Gasteiger partial charge in [-0.3, -0.25) is 0 Å². The average molecular weight is 292 g/mol. The molecule has 0 aliphatic heterocycles. The smallest absolute Gasteiger partial charge is 0.349 e. The van der Waals surface area contributed by atoms with Crippen molar-refractivity contribution in [1.82, 2.24) is 0 Å². The minimum absolute atomic E-state index is 0.225. The molecule has 0 spiro atoms. The summed E-state index contributed by atoms with van der Waals surface area (Å²) in [6.07, 6.45) is -2.46. The van der Waals surface area contributed by atoms with Gasteiger partial charge in [-0.2, -0.15) is 13.2 Å². The molecule has 0 unspecified atom stereocenters. The van der Waals surface area contributed by atoms with Gasteiger partial charge in [0, 0.05) is 13.2 Å².